The van der Waals surface area contributed by atoms with Gasteiger partial charge in [-0.15, -0.1) is 0 Å². The second-order valence-corrected chi connectivity index (χ2v) is 4.45. The summed E-state index contributed by atoms with van der Waals surface area (Å²) in [6.45, 7) is 8.58. The minimum atomic E-state index is 0.276. The topological polar surface area (TPSA) is 34.8 Å². The molecule has 0 saturated carbocycles. The summed E-state index contributed by atoms with van der Waals surface area (Å²) in [5.74, 6) is 0.730. The van der Waals surface area contributed by atoms with Gasteiger partial charge in [-0.2, -0.15) is 0 Å². The molecule has 0 amide bonds. The first kappa shape index (κ1) is 12.2. The summed E-state index contributed by atoms with van der Waals surface area (Å²) in [6, 6.07) is 0.276. The number of nitrogens with zero attached hydrogens (tertiary/aromatic N) is 2. The van der Waals surface area contributed by atoms with Crippen LogP contribution in [0.25, 0.3) is 0 Å². The van der Waals surface area contributed by atoms with Gasteiger partial charge in [-0.3, -0.25) is 0 Å². The predicted octanol–water partition coefficient (Wildman–Crippen LogP) is 1.56. The maximum absolute atomic E-state index is 6.10. The van der Waals surface area contributed by atoms with Crippen LogP contribution in [0, 0.1) is 5.92 Å². The van der Waals surface area contributed by atoms with Crippen LogP contribution in [0.3, 0.4) is 0 Å². The first-order valence-corrected chi connectivity index (χ1v) is 5.96. The molecule has 0 bridgehead atoms. The fourth-order valence-electron chi connectivity index (χ4n) is 1.76. The molecule has 1 aromatic heterocycles. The number of nitrogens with two attached hydrogens (primary N) is 1. The van der Waals surface area contributed by atoms with E-state index in [1.165, 1.54) is 6.42 Å². The Morgan fingerprint density at radius 2 is 2.13 bits per heavy atom. The minimum absolute atomic E-state index is 0.276. The van der Waals surface area contributed by atoms with Crippen LogP contribution >= 0.6 is 0 Å². The lowest BCUT2D eigenvalue weighted by Gasteiger charge is -2.13. The maximum atomic E-state index is 6.10. The van der Waals surface area contributed by atoms with Crippen LogP contribution < -0.4 is 10.3 Å². The normalized spacial score (nSPS) is 15.2. The zero-order chi connectivity index (χ0) is 11.3. The Morgan fingerprint density at radius 3 is 2.67 bits per heavy atom. The van der Waals surface area contributed by atoms with Gasteiger partial charge in [-0.05, 0) is 19.3 Å². The maximum Gasteiger partial charge on any atom is 0.243 e. The molecule has 1 aromatic rings. The van der Waals surface area contributed by atoms with Crippen molar-refractivity contribution in [3.63, 3.8) is 0 Å². The Labute approximate surface area is 92.9 Å². The van der Waals surface area contributed by atoms with Gasteiger partial charge in [0, 0.05) is 6.04 Å². The molecule has 0 aliphatic carbocycles. The van der Waals surface area contributed by atoms with Gasteiger partial charge >= 0.3 is 0 Å². The predicted molar refractivity (Wildman–Crippen MR) is 62.3 cm³/mol. The van der Waals surface area contributed by atoms with Crippen LogP contribution in [0.2, 0.25) is 0 Å². The van der Waals surface area contributed by atoms with Gasteiger partial charge in [0.1, 0.15) is 18.9 Å². The van der Waals surface area contributed by atoms with Gasteiger partial charge in [0.15, 0.2) is 0 Å². The van der Waals surface area contributed by atoms with Crippen LogP contribution in [-0.4, -0.2) is 10.6 Å². The fraction of sp³-hybridized carbons (Fsp3) is 0.750. The highest BCUT2D eigenvalue weighted by atomic mass is 15.1. The van der Waals surface area contributed by atoms with Gasteiger partial charge in [-0.1, -0.05) is 20.3 Å². The molecule has 0 fully saturated rings. The van der Waals surface area contributed by atoms with Crippen molar-refractivity contribution < 1.29 is 4.57 Å². The molecule has 1 unspecified atom stereocenters. The fourth-order valence-corrected chi connectivity index (χ4v) is 1.76. The highest BCUT2D eigenvalue weighted by molar-refractivity contribution is 4.66. The molecule has 1 rings (SSSR count). The van der Waals surface area contributed by atoms with Crippen molar-refractivity contribution in [1.82, 2.24) is 4.57 Å². The molecule has 0 radical (unpaired) electrons. The zero-order valence-corrected chi connectivity index (χ0v) is 10.2. The molecule has 3 nitrogen and oxygen atoms in total. The van der Waals surface area contributed by atoms with Gasteiger partial charge in [0.2, 0.25) is 6.33 Å². The molecule has 15 heavy (non-hydrogen) atoms. The summed E-state index contributed by atoms with van der Waals surface area (Å²) in [6.07, 6.45) is 8.64. The lowest BCUT2D eigenvalue weighted by atomic mass is 10.00. The number of hydrogen-bond donors (Lipinski definition) is 1. The van der Waals surface area contributed by atoms with E-state index in [0.717, 1.165) is 25.4 Å². The minimum Gasteiger partial charge on any atom is -0.324 e. The van der Waals surface area contributed by atoms with E-state index in [1.807, 2.05) is 0 Å². The lowest BCUT2D eigenvalue weighted by Crippen LogP contribution is -2.42. The lowest BCUT2D eigenvalue weighted by molar-refractivity contribution is -0.698. The molecular weight excluding hydrogens is 186 g/mol. The van der Waals surface area contributed by atoms with E-state index < -0.39 is 0 Å². The van der Waals surface area contributed by atoms with E-state index in [-0.39, 0.29) is 6.04 Å². The molecule has 0 spiro atoms. The molecule has 2 atom stereocenters. The SMILES string of the molecule is CCC(C)C[C@H](N)C[n+]1ccn(CC)c1. The Kier molecular flexibility index (Phi) is 4.82. The standard InChI is InChI=1S/C12H24N3/c1-4-11(3)8-12(13)9-15-7-6-14(5-2)10-15/h6-7,10-12H,4-5,8-9,13H2,1-3H3/q+1/t11?,12-/m0/s1. The summed E-state index contributed by atoms with van der Waals surface area (Å²) >= 11 is 0. The van der Waals surface area contributed by atoms with Gasteiger partial charge in [0.25, 0.3) is 0 Å². The molecule has 0 aliphatic heterocycles. The first-order chi connectivity index (χ1) is 7.15. The molecular formula is C12H24N3+. The molecule has 0 aromatic carbocycles. The Hall–Kier alpha value is -0.830. The first-order valence-electron chi connectivity index (χ1n) is 5.96. The number of aryl methyl sites for hydroxylation is 1. The van der Waals surface area contributed by atoms with Crippen molar-refractivity contribution in [3.05, 3.63) is 18.7 Å². The third-order valence-corrected chi connectivity index (χ3v) is 2.96. The Bertz CT molecular complexity index is 280. The van der Waals surface area contributed by atoms with Crippen LogP contribution in [0.15, 0.2) is 18.7 Å². The van der Waals surface area contributed by atoms with Crippen molar-refractivity contribution in [2.24, 2.45) is 11.7 Å². The third-order valence-electron chi connectivity index (χ3n) is 2.96. The second-order valence-electron chi connectivity index (χ2n) is 4.45. The van der Waals surface area contributed by atoms with E-state index in [0.29, 0.717) is 0 Å². The van der Waals surface area contributed by atoms with E-state index in [1.54, 1.807) is 0 Å². The van der Waals surface area contributed by atoms with E-state index in [9.17, 15) is 0 Å². The molecule has 0 aliphatic rings. The van der Waals surface area contributed by atoms with Gasteiger partial charge in [0.05, 0.1) is 6.54 Å². The Morgan fingerprint density at radius 1 is 1.40 bits per heavy atom. The number of hydrogen-bond acceptors (Lipinski definition) is 1. The van der Waals surface area contributed by atoms with Crippen LogP contribution in [-0.2, 0) is 13.1 Å². The summed E-state index contributed by atoms with van der Waals surface area (Å²) < 4.78 is 4.34. The van der Waals surface area contributed by atoms with Crippen molar-refractivity contribution >= 4 is 0 Å². The van der Waals surface area contributed by atoms with Crippen LogP contribution in [0.4, 0.5) is 0 Å². The van der Waals surface area contributed by atoms with Crippen molar-refractivity contribution in [3.8, 4) is 0 Å². The largest absolute Gasteiger partial charge is 0.324 e. The highest BCUT2D eigenvalue weighted by Gasteiger charge is 2.11. The molecule has 86 valence electrons. The summed E-state index contributed by atoms with van der Waals surface area (Å²) in [5.41, 5.74) is 6.10. The average Bonchev–Trinajstić information content (AvgIpc) is 2.65. The number of imidazole rings is 1. The summed E-state index contributed by atoms with van der Waals surface area (Å²) in [7, 11) is 0. The monoisotopic (exact) mass is 210 g/mol. The molecule has 3 heteroatoms. The summed E-state index contributed by atoms with van der Waals surface area (Å²) in [5, 5.41) is 0. The smallest absolute Gasteiger partial charge is 0.243 e. The van der Waals surface area contributed by atoms with Crippen LogP contribution in [0.5, 0.6) is 0 Å². The third kappa shape index (κ3) is 4.04. The van der Waals surface area contributed by atoms with Crippen LogP contribution in [0.1, 0.15) is 33.6 Å². The Balaban J connectivity index is 2.40. The van der Waals surface area contributed by atoms with E-state index >= 15 is 0 Å². The highest BCUT2D eigenvalue weighted by Crippen LogP contribution is 2.08. The number of rotatable bonds is 6. The van der Waals surface area contributed by atoms with Gasteiger partial charge in [-0.25, -0.2) is 9.13 Å². The van der Waals surface area contributed by atoms with Crippen molar-refractivity contribution in [1.29, 1.82) is 0 Å². The molecule has 2 N–H and O–H groups in total. The van der Waals surface area contributed by atoms with Crippen molar-refractivity contribution in [2.45, 2.75) is 52.7 Å². The molecule has 1 heterocycles. The summed E-state index contributed by atoms with van der Waals surface area (Å²) in [4.78, 5) is 0. The van der Waals surface area contributed by atoms with Crippen molar-refractivity contribution in [2.75, 3.05) is 0 Å². The molecule has 0 saturated heterocycles. The zero-order valence-electron chi connectivity index (χ0n) is 10.2. The van der Waals surface area contributed by atoms with E-state index in [2.05, 4.69) is 48.6 Å². The average molecular weight is 210 g/mol. The quantitative estimate of drug-likeness (QED) is 0.710. The van der Waals surface area contributed by atoms with E-state index in [4.69, 9.17) is 5.73 Å². The van der Waals surface area contributed by atoms with Gasteiger partial charge < -0.3 is 5.73 Å². The number of aromatic nitrogens is 2. The second kappa shape index (κ2) is 5.91.